The van der Waals surface area contributed by atoms with Gasteiger partial charge in [0, 0.05) is 0 Å². The van der Waals surface area contributed by atoms with Gasteiger partial charge < -0.3 is 10.8 Å². The summed E-state index contributed by atoms with van der Waals surface area (Å²) in [7, 11) is 0. The third-order valence-corrected chi connectivity index (χ3v) is 3.22. The summed E-state index contributed by atoms with van der Waals surface area (Å²) in [5.74, 6) is -1.38. The lowest BCUT2D eigenvalue weighted by atomic mass is 10.1. The maximum absolute atomic E-state index is 12.0. The quantitative estimate of drug-likeness (QED) is 0.751. The van der Waals surface area contributed by atoms with Gasteiger partial charge in [-0.2, -0.15) is 0 Å². The molecular formula is C14H15N3O4. The molecule has 1 aromatic carbocycles. The molecule has 1 aromatic heterocycles. The number of H-pyrrole nitrogens is 1. The Morgan fingerprint density at radius 3 is 2.62 bits per heavy atom. The highest BCUT2D eigenvalue weighted by Gasteiger charge is 2.22. The molecule has 110 valence electrons. The highest BCUT2D eigenvalue weighted by atomic mass is 16.3. The second kappa shape index (κ2) is 5.28. The Morgan fingerprint density at radius 1 is 1.38 bits per heavy atom. The van der Waals surface area contributed by atoms with E-state index >= 15 is 0 Å². The van der Waals surface area contributed by atoms with Gasteiger partial charge in [0.25, 0.3) is 5.56 Å². The first-order chi connectivity index (χ1) is 9.82. The van der Waals surface area contributed by atoms with Crippen LogP contribution in [-0.4, -0.2) is 20.6 Å². The summed E-state index contributed by atoms with van der Waals surface area (Å²) < 4.78 is 0.765. The van der Waals surface area contributed by atoms with Crippen LogP contribution in [0, 0.1) is 6.92 Å². The zero-order valence-electron chi connectivity index (χ0n) is 11.6. The van der Waals surface area contributed by atoms with Gasteiger partial charge in [0.05, 0.1) is 0 Å². The van der Waals surface area contributed by atoms with Gasteiger partial charge in [0.2, 0.25) is 11.8 Å². The second-order valence-corrected chi connectivity index (χ2v) is 4.78. The summed E-state index contributed by atoms with van der Waals surface area (Å²) in [4.78, 5) is 37.1. The Balaban J connectivity index is 2.80. The number of aromatic hydroxyl groups is 1. The molecule has 1 unspecified atom stereocenters. The molecule has 2 aromatic rings. The van der Waals surface area contributed by atoms with Crippen LogP contribution < -0.4 is 17.0 Å². The maximum atomic E-state index is 12.0. The zero-order chi connectivity index (χ0) is 15.7. The van der Waals surface area contributed by atoms with E-state index in [9.17, 15) is 19.5 Å². The van der Waals surface area contributed by atoms with Crippen LogP contribution in [0.1, 0.15) is 18.5 Å². The third-order valence-electron chi connectivity index (χ3n) is 3.22. The van der Waals surface area contributed by atoms with E-state index in [0.717, 1.165) is 10.1 Å². The van der Waals surface area contributed by atoms with Crippen molar-refractivity contribution in [1.29, 1.82) is 0 Å². The van der Waals surface area contributed by atoms with Crippen molar-refractivity contribution in [3.05, 3.63) is 50.7 Å². The molecule has 0 saturated carbocycles. The fraction of sp³-hybridized carbons (Fsp3) is 0.214. The molecule has 0 aliphatic heterocycles. The zero-order valence-corrected chi connectivity index (χ0v) is 11.6. The molecule has 2 rings (SSSR count). The molecule has 1 heterocycles. The van der Waals surface area contributed by atoms with Gasteiger partial charge in [-0.25, -0.2) is 4.79 Å². The smallest absolute Gasteiger partial charge is 0.331 e. The molecule has 0 radical (unpaired) electrons. The minimum Gasteiger partial charge on any atom is -0.494 e. The molecule has 0 bridgehead atoms. The van der Waals surface area contributed by atoms with Gasteiger partial charge in [-0.1, -0.05) is 29.8 Å². The largest absolute Gasteiger partial charge is 0.494 e. The van der Waals surface area contributed by atoms with E-state index in [2.05, 4.69) is 4.98 Å². The molecule has 1 atom stereocenters. The number of rotatable bonds is 3. The maximum Gasteiger partial charge on any atom is 0.331 e. The normalized spacial score (nSPS) is 12.1. The highest BCUT2D eigenvalue weighted by Crippen LogP contribution is 2.26. The highest BCUT2D eigenvalue weighted by molar-refractivity contribution is 5.78. The molecule has 1 amide bonds. The molecule has 0 aliphatic carbocycles. The van der Waals surface area contributed by atoms with E-state index in [1.807, 2.05) is 13.0 Å². The number of carbonyl (C=O) groups is 1. The molecule has 7 heteroatoms. The fourth-order valence-electron chi connectivity index (χ4n) is 2.09. The van der Waals surface area contributed by atoms with Gasteiger partial charge in [-0.3, -0.25) is 19.1 Å². The summed E-state index contributed by atoms with van der Waals surface area (Å²) in [5, 5.41) is 10.2. The second-order valence-electron chi connectivity index (χ2n) is 4.78. The van der Waals surface area contributed by atoms with Crippen LogP contribution in [0.4, 0.5) is 0 Å². The Hall–Kier alpha value is -2.83. The molecule has 0 aliphatic rings. The van der Waals surface area contributed by atoms with Crippen LogP contribution in [0.3, 0.4) is 0 Å². The van der Waals surface area contributed by atoms with Crippen LogP contribution in [-0.2, 0) is 4.79 Å². The number of aryl methyl sites for hydroxylation is 1. The van der Waals surface area contributed by atoms with Crippen molar-refractivity contribution in [2.75, 3.05) is 0 Å². The number of nitrogens with one attached hydrogen (secondary N) is 1. The Kier molecular flexibility index (Phi) is 3.66. The Bertz CT molecular complexity index is 820. The number of aromatic nitrogens is 2. The van der Waals surface area contributed by atoms with E-state index < -0.39 is 29.1 Å². The first kappa shape index (κ1) is 14.6. The van der Waals surface area contributed by atoms with E-state index in [1.165, 1.54) is 6.92 Å². The molecular weight excluding hydrogens is 274 g/mol. The SMILES string of the molecule is Cc1cccc(-c2c(O)n(C(C)C(N)=O)c(=O)[nH]c2=O)c1. The third kappa shape index (κ3) is 2.58. The van der Waals surface area contributed by atoms with E-state index in [0.29, 0.717) is 5.56 Å². The Labute approximate surface area is 119 Å². The molecule has 0 saturated heterocycles. The summed E-state index contributed by atoms with van der Waals surface area (Å²) in [6.07, 6.45) is 0. The number of aromatic amines is 1. The number of nitrogens with zero attached hydrogens (tertiary/aromatic N) is 1. The first-order valence-corrected chi connectivity index (χ1v) is 6.27. The van der Waals surface area contributed by atoms with Crippen molar-refractivity contribution in [1.82, 2.24) is 9.55 Å². The molecule has 0 fully saturated rings. The molecule has 7 nitrogen and oxygen atoms in total. The number of amides is 1. The minimum absolute atomic E-state index is 0.0774. The fourth-order valence-corrected chi connectivity index (χ4v) is 2.09. The van der Waals surface area contributed by atoms with Gasteiger partial charge >= 0.3 is 5.69 Å². The lowest BCUT2D eigenvalue weighted by molar-refractivity contribution is -0.120. The van der Waals surface area contributed by atoms with Gasteiger partial charge in [0.1, 0.15) is 11.6 Å². The number of carbonyl (C=O) groups excluding carboxylic acids is 1. The lowest BCUT2D eigenvalue weighted by Gasteiger charge is -2.15. The van der Waals surface area contributed by atoms with Crippen LogP contribution in [0.25, 0.3) is 11.1 Å². The van der Waals surface area contributed by atoms with Crippen LogP contribution in [0.5, 0.6) is 5.88 Å². The monoisotopic (exact) mass is 289 g/mol. The van der Waals surface area contributed by atoms with Crippen LogP contribution in [0.15, 0.2) is 33.9 Å². The number of nitrogens with two attached hydrogens (primary N) is 1. The van der Waals surface area contributed by atoms with Gasteiger partial charge in [-0.05, 0) is 19.4 Å². The predicted molar refractivity (Wildman–Crippen MR) is 77.1 cm³/mol. The van der Waals surface area contributed by atoms with Gasteiger partial charge in [-0.15, -0.1) is 0 Å². The van der Waals surface area contributed by atoms with E-state index in [1.54, 1.807) is 18.2 Å². The molecule has 21 heavy (non-hydrogen) atoms. The summed E-state index contributed by atoms with van der Waals surface area (Å²) in [5.41, 5.74) is 4.79. The van der Waals surface area contributed by atoms with E-state index in [4.69, 9.17) is 5.73 Å². The van der Waals surface area contributed by atoms with Crippen molar-refractivity contribution in [2.24, 2.45) is 5.73 Å². The average molecular weight is 289 g/mol. The van der Waals surface area contributed by atoms with Crippen LogP contribution in [0.2, 0.25) is 0 Å². The van der Waals surface area contributed by atoms with E-state index in [-0.39, 0.29) is 5.56 Å². The standard InChI is InChI=1S/C14H15N3O4/c1-7-4-3-5-9(6-7)10-12(19)16-14(21)17(13(10)20)8(2)11(15)18/h3-6,8,20H,1-2H3,(H2,15,18)(H,16,19,21). The lowest BCUT2D eigenvalue weighted by Crippen LogP contribution is -2.37. The number of benzene rings is 1. The summed E-state index contributed by atoms with van der Waals surface area (Å²) in [6.45, 7) is 3.19. The molecule has 4 N–H and O–H groups in total. The van der Waals surface area contributed by atoms with Gasteiger partial charge in [0.15, 0.2) is 0 Å². The number of hydrogen-bond donors (Lipinski definition) is 3. The summed E-state index contributed by atoms with van der Waals surface area (Å²) >= 11 is 0. The van der Waals surface area contributed by atoms with Crippen molar-refractivity contribution < 1.29 is 9.90 Å². The average Bonchev–Trinajstić information content (AvgIpc) is 2.37. The number of primary amides is 1. The summed E-state index contributed by atoms with van der Waals surface area (Å²) in [6, 6.07) is 5.78. The van der Waals surface area contributed by atoms with Crippen LogP contribution >= 0.6 is 0 Å². The topological polar surface area (TPSA) is 118 Å². The predicted octanol–water partition coefficient (Wildman–Crippen LogP) is 0.264. The van der Waals surface area contributed by atoms with Crippen molar-refractivity contribution in [3.63, 3.8) is 0 Å². The number of hydrogen-bond acceptors (Lipinski definition) is 4. The van der Waals surface area contributed by atoms with Crippen molar-refractivity contribution in [3.8, 4) is 17.0 Å². The van der Waals surface area contributed by atoms with Crippen molar-refractivity contribution in [2.45, 2.75) is 19.9 Å². The Morgan fingerprint density at radius 2 is 2.05 bits per heavy atom. The first-order valence-electron chi connectivity index (χ1n) is 6.27. The molecule has 0 spiro atoms. The van der Waals surface area contributed by atoms with Crippen molar-refractivity contribution >= 4 is 5.91 Å². The minimum atomic E-state index is -1.09.